The van der Waals surface area contributed by atoms with Crippen LogP contribution in [0.1, 0.15) is 0 Å². The van der Waals surface area contributed by atoms with Gasteiger partial charge in [0.1, 0.15) is 8.35 Å². The first-order chi connectivity index (χ1) is 5.17. The van der Waals surface area contributed by atoms with Crippen molar-refractivity contribution < 1.29 is 0 Å². The highest BCUT2D eigenvalue weighted by molar-refractivity contribution is 7.61. The maximum atomic E-state index is 6.31. The average Bonchev–Trinajstić information content (AvgIpc) is 2.06. The molecular formula is C7H10Cl2Si2. The lowest BCUT2D eigenvalue weighted by molar-refractivity contribution is 1.76. The van der Waals surface area contributed by atoms with Gasteiger partial charge in [-0.3, -0.25) is 0 Å². The Kier molecular flexibility index (Phi) is 3.19. The Labute approximate surface area is 79.6 Å². The van der Waals surface area contributed by atoms with Gasteiger partial charge in [-0.25, -0.2) is 0 Å². The first-order valence-corrected chi connectivity index (χ1v) is 11.4. The maximum absolute atomic E-state index is 6.31. The molecule has 0 saturated heterocycles. The molecule has 0 N–H and O–H groups in total. The fourth-order valence-corrected chi connectivity index (χ4v) is 4.84. The van der Waals surface area contributed by atoms with E-state index in [1.807, 2.05) is 18.2 Å². The summed E-state index contributed by atoms with van der Waals surface area (Å²) in [5, 5.41) is 1.27. The molecule has 0 aliphatic rings. The first-order valence-electron chi connectivity index (χ1n) is 3.47. The minimum Gasteiger partial charge on any atom is -0.178 e. The van der Waals surface area contributed by atoms with Gasteiger partial charge in [0, 0.05) is 0 Å². The van der Waals surface area contributed by atoms with E-state index in [0.717, 1.165) is 0 Å². The molecule has 1 unspecified atom stereocenters. The van der Waals surface area contributed by atoms with Crippen LogP contribution in [0.2, 0.25) is 6.55 Å². The van der Waals surface area contributed by atoms with Crippen molar-refractivity contribution >= 4 is 42.6 Å². The summed E-state index contributed by atoms with van der Waals surface area (Å²) in [4.78, 5) is 0. The number of hydrogen-bond donors (Lipinski definition) is 0. The molecule has 0 nitrogen and oxygen atoms in total. The Morgan fingerprint density at radius 2 is 1.82 bits per heavy atom. The van der Waals surface area contributed by atoms with E-state index in [0.29, 0.717) is 0 Å². The molecule has 60 valence electrons. The van der Waals surface area contributed by atoms with Gasteiger partial charge >= 0.3 is 0 Å². The second-order valence-corrected chi connectivity index (χ2v) is 17.2. The van der Waals surface area contributed by atoms with Crippen LogP contribution in [-0.4, -0.2) is 15.2 Å². The predicted molar refractivity (Wildman–Crippen MR) is 57.9 cm³/mol. The van der Waals surface area contributed by atoms with Crippen molar-refractivity contribution in [2.45, 2.75) is 6.55 Å². The van der Waals surface area contributed by atoms with Gasteiger partial charge in [-0.2, -0.15) is 22.2 Å². The Morgan fingerprint density at radius 1 is 1.27 bits per heavy atom. The molecule has 0 saturated carbocycles. The van der Waals surface area contributed by atoms with Crippen LogP contribution in [-0.2, 0) is 0 Å². The molecule has 0 bridgehead atoms. The Hall–Kier alpha value is 0.234. The van der Waals surface area contributed by atoms with E-state index in [-0.39, 0.29) is 0 Å². The summed E-state index contributed by atoms with van der Waals surface area (Å²) in [5.41, 5.74) is 0. The van der Waals surface area contributed by atoms with Crippen molar-refractivity contribution in [2.75, 3.05) is 0 Å². The van der Waals surface area contributed by atoms with E-state index in [2.05, 4.69) is 18.7 Å². The smallest absolute Gasteiger partial charge is 0.178 e. The van der Waals surface area contributed by atoms with Crippen LogP contribution in [0.3, 0.4) is 0 Å². The lowest BCUT2D eigenvalue weighted by Gasteiger charge is -2.14. The molecule has 0 aliphatic heterocycles. The average molecular weight is 221 g/mol. The van der Waals surface area contributed by atoms with Crippen LogP contribution in [0.4, 0.5) is 0 Å². The number of halogens is 2. The lowest BCUT2D eigenvalue weighted by Crippen LogP contribution is -2.43. The Bertz CT molecular complexity index is 223. The van der Waals surface area contributed by atoms with Crippen LogP contribution in [0.25, 0.3) is 0 Å². The molecule has 4 heteroatoms. The minimum atomic E-state index is -1.68. The molecule has 0 amide bonds. The number of benzene rings is 1. The van der Waals surface area contributed by atoms with Crippen LogP contribution in [0.5, 0.6) is 0 Å². The molecular weight excluding hydrogens is 211 g/mol. The normalized spacial score (nSPS) is 17.0. The molecule has 0 aliphatic carbocycles. The summed E-state index contributed by atoms with van der Waals surface area (Å²) in [6.07, 6.45) is 0. The standard InChI is InChI=1S/C7H10Cl2Si2/c1-11(9,10-8)7-5-3-2-4-6-7/h2-6H,10H2,1H3. The van der Waals surface area contributed by atoms with E-state index in [4.69, 9.17) is 22.2 Å². The Morgan fingerprint density at radius 3 is 2.27 bits per heavy atom. The summed E-state index contributed by atoms with van der Waals surface area (Å²) in [6.45, 7) is 0.437. The Balaban J connectivity index is 2.93. The van der Waals surface area contributed by atoms with E-state index < -0.39 is 15.2 Å². The van der Waals surface area contributed by atoms with Gasteiger partial charge < -0.3 is 0 Å². The zero-order valence-corrected chi connectivity index (χ0v) is 10.3. The van der Waals surface area contributed by atoms with Gasteiger partial charge in [-0.15, -0.1) is 0 Å². The highest BCUT2D eigenvalue weighted by atomic mass is 35.6. The monoisotopic (exact) mass is 220 g/mol. The summed E-state index contributed by atoms with van der Waals surface area (Å²) >= 11 is 12.2. The highest BCUT2D eigenvalue weighted by Gasteiger charge is 2.25. The van der Waals surface area contributed by atoms with E-state index in [1.165, 1.54) is 5.19 Å². The third-order valence-electron chi connectivity index (χ3n) is 1.63. The van der Waals surface area contributed by atoms with Crippen LogP contribution in [0.15, 0.2) is 30.3 Å². The van der Waals surface area contributed by atoms with E-state index in [9.17, 15) is 0 Å². The SMILES string of the molecule is C[Si](Cl)([SiH2]Cl)c1ccccc1. The van der Waals surface area contributed by atoms with Crippen LogP contribution >= 0.6 is 22.2 Å². The molecule has 0 fully saturated rings. The first kappa shape index (κ1) is 9.32. The topological polar surface area (TPSA) is 0 Å². The summed E-state index contributed by atoms with van der Waals surface area (Å²) in [7, 11) is -0.580. The van der Waals surface area contributed by atoms with Gasteiger partial charge in [0.2, 0.25) is 0 Å². The zero-order valence-electron chi connectivity index (χ0n) is 6.35. The van der Waals surface area contributed by atoms with Crippen molar-refractivity contribution in [1.82, 2.24) is 0 Å². The molecule has 1 aromatic rings. The van der Waals surface area contributed by atoms with Crippen molar-refractivity contribution in [3.63, 3.8) is 0 Å². The lowest BCUT2D eigenvalue weighted by atomic mass is 10.4. The van der Waals surface area contributed by atoms with Crippen LogP contribution in [0, 0.1) is 0 Å². The second kappa shape index (κ2) is 3.76. The summed E-state index contributed by atoms with van der Waals surface area (Å²) in [6, 6.07) is 10.2. The third kappa shape index (κ3) is 2.34. The molecule has 1 rings (SSSR count). The molecule has 0 radical (unpaired) electrons. The fraction of sp³-hybridized carbons (Fsp3) is 0.143. The van der Waals surface area contributed by atoms with Gasteiger partial charge in [-0.05, 0) is 5.19 Å². The van der Waals surface area contributed by atoms with Gasteiger partial charge in [0.25, 0.3) is 0 Å². The number of hydrogen-bond acceptors (Lipinski definition) is 0. The van der Waals surface area contributed by atoms with E-state index >= 15 is 0 Å². The van der Waals surface area contributed by atoms with Crippen LogP contribution < -0.4 is 5.19 Å². The quantitative estimate of drug-likeness (QED) is 0.525. The van der Waals surface area contributed by atoms with E-state index in [1.54, 1.807) is 0 Å². The zero-order chi connectivity index (χ0) is 8.32. The molecule has 1 aromatic carbocycles. The molecule has 0 aromatic heterocycles. The van der Waals surface area contributed by atoms with Crippen molar-refractivity contribution in [2.24, 2.45) is 0 Å². The summed E-state index contributed by atoms with van der Waals surface area (Å²) in [5.74, 6) is 0. The summed E-state index contributed by atoms with van der Waals surface area (Å²) < 4.78 is 0. The maximum Gasteiger partial charge on any atom is 0.184 e. The van der Waals surface area contributed by atoms with Crippen molar-refractivity contribution in [3.05, 3.63) is 30.3 Å². The second-order valence-electron chi connectivity index (χ2n) is 2.70. The van der Waals surface area contributed by atoms with Gasteiger partial charge in [0.05, 0.1) is 0 Å². The van der Waals surface area contributed by atoms with Crippen molar-refractivity contribution in [3.8, 4) is 0 Å². The molecule has 0 spiro atoms. The van der Waals surface area contributed by atoms with Crippen molar-refractivity contribution in [1.29, 1.82) is 0 Å². The largest absolute Gasteiger partial charge is 0.184 e. The van der Waals surface area contributed by atoms with Gasteiger partial charge in [0.15, 0.2) is 6.90 Å². The molecule has 1 atom stereocenters. The molecule has 11 heavy (non-hydrogen) atoms. The predicted octanol–water partition coefficient (Wildman–Crippen LogP) is 1.53. The fourth-order valence-electron chi connectivity index (χ4n) is 0.863. The minimum absolute atomic E-state index is 0.580. The van der Waals surface area contributed by atoms with Gasteiger partial charge in [-0.1, -0.05) is 36.9 Å². The molecule has 0 heterocycles. The third-order valence-corrected chi connectivity index (χ3v) is 14.3. The number of rotatable bonds is 2. The highest BCUT2D eigenvalue weighted by Crippen LogP contribution is 2.08.